The summed E-state index contributed by atoms with van der Waals surface area (Å²) in [5.74, 6) is 1.89. The molecule has 0 amide bonds. The summed E-state index contributed by atoms with van der Waals surface area (Å²) >= 11 is 1.48. The Hall–Kier alpha value is -3.78. The third-order valence-electron chi connectivity index (χ3n) is 5.41. The van der Waals surface area contributed by atoms with E-state index in [2.05, 4.69) is 22.3 Å². The molecule has 0 atom stereocenters. The predicted molar refractivity (Wildman–Crippen MR) is 126 cm³/mol. The van der Waals surface area contributed by atoms with Crippen LogP contribution in [0.5, 0.6) is 5.75 Å². The number of aryl methyl sites for hydroxylation is 1. The first-order valence-electron chi connectivity index (χ1n) is 10.5. The molecule has 5 aromatic rings. The zero-order valence-electron chi connectivity index (χ0n) is 17.9. The van der Waals surface area contributed by atoms with Gasteiger partial charge in [0.05, 0.1) is 12.8 Å². The van der Waals surface area contributed by atoms with Gasteiger partial charge in [0, 0.05) is 23.3 Å². The molecule has 0 aliphatic rings. The van der Waals surface area contributed by atoms with Crippen LogP contribution in [0, 0.1) is 0 Å². The Kier molecular flexibility index (Phi) is 5.75. The second kappa shape index (κ2) is 8.99. The van der Waals surface area contributed by atoms with E-state index in [1.807, 2.05) is 47.9 Å². The number of benzene rings is 2. The minimum absolute atomic E-state index is 0.128. The Morgan fingerprint density at radius 1 is 1.03 bits per heavy atom. The zero-order chi connectivity index (χ0) is 22.8. The van der Waals surface area contributed by atoms with Crippen LogP contribution in [-0.2, 0) is 18.7 Å². The Morgan fingerprint density at radius 3 is 2.64 bits per heavy atom. The molecule has 5 rings (SSSR count). The Bertz CT molecular complexity index is 1460. The normalized spacial score (nSPS) is 11.3. The average Bonchev–Trinajstić information content (AvgIpc) is 3.48. The highest BCUT2D eigenvalue weighted by Crippen LogP contribution is 2.32. The summed E-state index contributed by atoms with van der Waals surface area (Å²) in [5, 5.41) is 20.5. The van der Waals surface area contributed by atoms with Crippen LogP contribution in [0.2, 0.25) is 0 Å². The number of phenolic OH excluding ortho intramolecular Hbond substituents is 1. The molecule has 0 radical (unpaired) electrons. The van der Waals surface area contributed by atoms with Crippen molar-refractivity contribution in [1.82, 2.24) is 14.8 Å². The maximum atomic E-state index is 12.1. The van der Waals surface area contributed by atoms with Crippen LogP contribution < -0.4 is 5.63 Å². The smallest absolute Gasteiger partial charge is 0.336 e. The lowest BCUT2D eigenvalue weighted by molar-refractivity contribution is 0.466. The van der Waals surface area contributed by atoms with Crippen molar-refractivity contribution in [1.29, 1.82) is 0 Å². The first kappa shape index (κ1) is 21.1. The molecule has 0 saturated carbocycles. The number of furan rings is 1. The summed E-state index contributed by atoms with van der Waals surface area (Å²) in [6.07, 6.45) is 2.28. The fraction of sp³-hybridized carbons (Fsp3) is 0.160. The fourth-order valence-corrected chi connectivity index (χ4v) is 4.67. The lowest BCUT2D eigenvalue weighted by atomic mass is 10.1. The Labute approximate surface area is 193 Å². The van der Waals surface area contributed by atoms with Crippen LogP contribution in [0.15, 0.2) is 85.7 Å². The molecule has 7 nitrogen and oxygen atoms in total. The van der Waals surface area contributed by atoms with Crippen LogP contribution in [-0.4, -0.2) is 19.9 Å². The predicted octanol–water partition coefficient (Wildman–Crippen LogP) is 5.25. The van der Waals surface area contributed by atoms with Crippen molar-refractivity contribution in [2.24, 2.45) is 0 Å². The van der Waals surface area contributed by atoms with Crippen LogP contribution in [0.3, 0.4) is 0 Å². The molecule has 0 saturated heterocycles. The van der Waals surface area contributed by atoms with Gasteiger partial charge in [0.1, 0.15) is 11.3 Å². The monoisotopic (exact) mass is 459 g/mol. The molecule has 8 heteroatoms. The Balaban J connectivity index is 1.51. The van der Waals surface area contributed by atoms with Gasteiger partial charge in [-0.3, -0.25) is 4.57 Å². The highest BCUT2D eigenvalue weighted by Gasteiger charge is 2.18. The number of thioether (sulfide) groups is 1. The molecule has 3 heterocycles. The number of hydrogen-bond acceptors (Lipinski definition) is 7. The first-order chi connectivity index (χ1) is 16.1. The van der Waals surface area contributed by atoms with E-state index in [0.717, 1.165) is 22.1 Å². The first-order valence-corrected chi connectivity index (χ1v) is 11.5. The van der Waals surface area contributed by atoms with E-state index in [1.54, 1.807) is 6.26 Å². The summed E-state index contributed by atoms with van der Waals surface area (Å²) in [5.41, 5.74) is 2.64. The summed E-state index contributed by atoms with van der Waals surface area (Å²) in [6, 6.07) is 18.6. The molecule has 0 aliphatic heterocycles. The van der Waals surface area contributed by atoms with Crippen LogP contribution >= 0.6 is 11.8 Å². The molecular formula is C25H21N3O4S. The van der Waals surface area contributed by atoms with E-state index in [4.69, 9.17) is 8.83 Å². The molecule has 1 N–H and O–H groups in total. The van der Waals surface area contributed by atoms with Crippen LogP contribution in [0.4, 0.5) is 0 Å². The maximum absolute atomic E-state index is 12.1. The molecular weight excluding hydrogens is 438 g/mol. The van der Waals surface area contributed by atoms with E-state index in [0.29, 0.717) is 41.0 Å². The van der Waals surface area contributed by atoms with Gasteiger partial charge in [-0.2, -0.15) is 0 Å². The van der Waals surface area contributed by atoms with Crippen molar-refractivity contribution in [2.75, 3.05) is 0 Å². The Morgan fingerprint density at radius 2 is 1.88 bits per heavy atom. The van der Waals surface area contributed by atoms with Gasteiger partial charge in [-0.25, -0.2) is 4.79 Å². The van der Waals surface area contributed by atoms with Crippen molar-refractivity contribution in [3.05, 3.63) is 94.0 Å². The van der Waals surface area contributed by atoms with Gasteiger partial charge in [0.2, 0.25) is 5.82 Å². The molecule has 0 unspecified atom stereocenters. The SMILES string of the molecule is CCc1cc2c(CSc3nnc(-c4ccco4)n3Cc3ccccc3)cc(=O)oc2cc1O. The fourth-order valence-electron chi connectivity index (χ4n) is 3.74. The number of nitrogens with zero attached hydrogens (tertiary/aromatic N) is 3. The molecule has 0 fully saturated rings. The topological polar surface area (TPSA) is 94.3 Å². The van der Waals surface area contributed by atoms with E-state index in [-0.39, 0.29) is 5.75 Å². The molecule has 0 spiro atoms. The second-order valence-corrected chi connectivity index (χ2v) is 8.51. The van der Waals surface area contributed by atoms with Crippen LogP contribution in [0.25, 0.3) is 22.6 Å². The van der Waals surface area contributed by atoms with E-state index in [1.165, 1.54) is 23.9 Å². The van der Waals surface area contributed by atoms with Gasteiger partial charge in [-0.05, 0) is 41.3 Å². The summed E-state index contributed by atoms with van der Waals surface area (Å²) in [6.45, 7) is 2.55. The molecule has 33 heavy (non-hydrogen) atoms. The lowest BCUT2D eigenvalue weighted by Crippen LogP contribution is -2.04. The quantitative estimate of drug-likeness (QED) is 0.262. The summed E-state index contributed by atoms with van der Waals surface area (Å²) in [7, 11) is 0. The van der Waals surface area contributed by atoms with Gasteiger partial charge >= 0.3 is 5.63 Å². The number of phenols is 1. The number of aromatic hydroxyl groups is 1. The van der Waals surface area contributed by atoms with E-state index >= 15 is 0 Å². The zero-order valence-corrected chi connectivity index (χ0v) is 18.7. The standard InChI is InChI=1S/C25H21N3O4S/c1-2-17-11-19-18(12-23(30)32-22(19)13-20(17)29)15-33-25-27-26-24(21-9-6-10-31-21)28(25)14-16-7-4-3-5-8-16/h3-13,29H,2,14-15H2,1H3. The third-order valence-corrected chi connectivity index (χ3v) is 6.42. The largest absolute Gasteiger partial charge is 0.508 e. The molecule has 2 aromatic carbocycles. The van der Waals surface area contributed by atoms with Crippen molar-refractivity contribution in [2.45, 2.75) is 30.8 Å². The lowest BCUT2D eigenvalue weighted by Gasteiger charge is -2.11. The van der Waals surface area contributed by atoms with E-state index in [9.17, 15) is 9.90 Å². The third kappa shape index (κ3) is 4.29. The summed E-state index contributed by atoms with van der Waals surface area (Å²) in [4.78, 5) is 12.1. The minimum atomic E-state index is -0.455. The molecule has 166 valence electrons. The van der Waals surface area contributed by atoms with Gasteiger partial charge in [0.15, 0.2) is 10.9 Å². The van der Waals surface area contributed by atoms with Gasteiger partial charge in [0.25, 0.3) is 0 Å². The van der Waals surface area contributed by atoms with E-state index < -0.39 is 5.63 Å². The number of aromatic nitrogens is 3. The number of hydrogen-bond donors (Lipinski definition) is 1. The van der Waals surface area contributed by atoms with Gasteiger partial charge in [-0.15, -0.1) is 10.2 Å². The van der Waals surface area contributed by atoms with Crippen LogP contribution in [0.1, 0.15) is 23.6 Å². The maximum Gasteiger partial charge on any atom is 0.336 e. The average molecular weight is 460 g/mol. The van der Waals surface area contributed by atoms with Crippen molar-refractivity contribution in [3.8, 4) is 17.3 Å². The van der Waals surface area contributed by atoms with Crippen molar-refractivity contribution < 1.29 is 13.9 Å². The molecule has 0 aliphatic carbocycles. The highest BCUT2D eigenvalue weighted by atomic mass is 32.2. The molecule has 3 aromatic heterocycles. The number of rotatable bonds is 7. The summed E-state index contributed by atoms with van der Waals surface area (Å²) < 4.78 is 12.9. The highest BCUT2D eigenvalue weighted by molar-refractivity contribution is 7.98. The second-order valence-electron chi connectivity index (χ2n) is 7.57. The van der Waals surface area contributed by atoms with Gasteiger partial charge < -0.3 is 13.9 Å². The minimum Gasteiger partial charge on any atom is -0.508 e. The number of fused-ring (bicyclic) bond motifs is 1. The molecule has 0 bridgehead atoms. The van der Waals surface area contributed by atoms with Gasteiger partial charge in [-0.1, -0.05) is 49.0 Å². The van der Waals surface area contributed by atoms with Crippen molar-refractivity contribution >= 4 is 22.7 Å². The van der Waals surface area contributed by atoms with Crippen molar-refractivity contribution in [3.63, 3.8) is 0 Å².